The molecule has 2 atom stereocenters. The second-order valence-corrected chi connectivity index (χ2v) is 3.91. The predicted octanol–water partition coefficient (Wildman–Crippen LogP) is -0.816. The second-order valence-electron chi connectivity index (χ2n) is 3.91. The molecular weight excluding hydrogens is 186 g/mol. The third kappa shape index (κ3) is 2.43. The van der Waals surface area contributed by atoms with E-state index in [9.17, 15) is 9.90 Å². The van der Waals surface area contributed by atoms with Gasteiger partial charge in [-0.1, -0.05) is 0 Å². The van der Waals surface area contributed by atoms with Crippen LogP contribution in [0.4, 0.5) is 0 Å². The predicted molar refractivity (Wildman–Crippen MR) is 49.9 cm³/mol. The van der Waals surface area contributed by atoms with Gasteiger partial charge in [-0.15, -0.1) is 0 Å². The number of aliphatic carboxylic acids is 1. The summed E-state index contributed by atoms with van der Waals surface area (Å²) in [5.41, 5.74) is -0.902. The Hall–Kier alpha value is -0.650. The lowest BCUT2D eigenvalue weighted by Gasteiger charge is -2.34. The third-order valence-corrected chi connectivity index (χ3v) is 2.76. The Balaban J connectivity index is 2.65. The van der Waals surface area contributed by atoms with Crippen molar-refractivity contribution in [1.82, 2.24) is 5.32 Å². The molecular formula is C9H17NO4. The highest BCUT2D eigenvalue weighted by Gasteiger charge is 2.41. The molecule has 0 saturated carbocycles. The van der Waals surface area contributed by atoms with E-state index in [0.717, 1.165) is 13.0 Å². The van der Waals surface area contributed by atoms with E-state index in [-0.39, 0.29) is 13.0 Å². The number of aliphatic hydroxyl groups is 2. The normalized spacial score (nSPS) is 29.9. The van der Waals surface area contributed by atoms with E-state index in [2.05, 4.69) is 5.32 Å². The Bertz CT molecular complexity index is 201. The monoisotopic (exact) mass is 203 g/mol. The molecule has 0 radical (unpaired) electrons. The molecule has 0 spiro atoms. The van der Waals surface area contributed by atoms with E-state index in [1.807, 2.05) is 0 Å². The lowest BCUT2D eigenvalue weighted by molar-refractivity contribution is -0.152. The molecule has 82 valence electrons. The molecule has 4 N–H and O–H groups in total. The van der Waals surface area contributed by atoms with Gasteiger partial charge in [-0.3, -0.25) is 4.79 Å². The van der Waals surface area contributed by atoms with Gasteiger partial charge in [-0.05, 0) is 25.8 Å². The van der Waals surface area contributed by atoms with Crippen LogP contribution >= 0.6 is 0 Å². The number of hydrogen-bond acceptors (Lipinski definition) is 4. The first-order valence-electron chi connectivity index (χ1n) is 4.84. The molecule has 1 aliphatic heterocycles. The highest BCUT2D eigenvalue weighted by atomic mass is 16.4. The van der Waals surface area contributed by atoms with E-state index in [1.54, 1.807) is 0 Å². The molecule has 5 nitrogen and oxygen atoms in total. The first kappa shape index (κ1) is 11.4. The average molecular weight is 203 g/mol. The molecule has 14 heavy (non-hydrogen) atoms. The fourth-order valence-corrected chi connectivity index (χ4v) is 1.93. The zero-order valence-corrected chi connectivity index (χ0v) is 8.07. The molecule has 1 fully saturated rings. The molecule has 1 rings (SSSR count). The Morgan fingerprint density at radius 3 is 2.71 bits per heavy atom. The number of hydrogen-bond donors (Lipinski definition) is 4. The number of piperidine rings is 1. The summed E-state index contributed by atoms with van der Waals surface area (Å²) in [5, 5.41) is 30.1. The van der Waals surface area contributed by atoms with Crippen LogP contribution in [0.15, 0.2) is 0 Å². The highest BCUT2D eigenvalue weighted by Crippen LogP contribution is 2.31. The zero-order valence-electron chi connectivity index (χ0n) is 8.07. The van der Waals surface area contributed by atoms with Gasteiger partial charge >= 0.3 is 5.97 Å². The first-order valence-corrected chi connectivity index (χ1v) is 4.84. The highest BCUT2D eigenvalue weighted by molar-refractivity contribution is 5.75. The summed E-state index contributed by atoms with van der Waals surface area (Å²) in [6.45, 7) is 0.818. The first-order chi connectivity index (χ1) is 6.60. The number of carboxylic acids is 1. The topological polar surface area (TPSA) is 89.8 Å². The van der Waals surface area contributed by atoms with Crippen molar-refractivity contribution < 1.29 is 20.1 Å². The smallest absolute Gasteiger partial charge is 0.311 e. The van der Waals surface area contributed by atoms with Crippen molar-refractivity contribution in [3.63, 3.8) is 0 Å². The Morgan fingerprint density at radius 1 is 1.57 bits per heavy atom. The summed E-state index contributed by atoms with van der Waals surface area (Å²) < 4.78 is 0. The summed E-state index contributed by atoms with van der Waals surface area (Å²) >= 11 is 0. The fourth-order valence-electron chi connectivity index (χ4n) is 1.93. The minimum absolute atomic E-state index is 0.117. The van der Waals surface area contributed by atoms with Gasteiger partial charge in [-0.2, -0.15) is 0 Å². The van der Waals surface area contributed by atoms with E-state index in [4.69, 9.17) is 10.2 Å². The fraction of sp³-hybridized carbons (Fsp3) is 0.889. The number of carboxylic acid groups (broad SMARTS) is 1. The summed E-state index contributed by atoms with van der Waals surface area (Å²) in [7, 11) is 0. The molecule has 5 heteroatoms. The molecule has 1 saturated heterocycles. The van der Waals surface area contributed by atoms with Gasteiger partial charge in [0.25, 0.3) is 0 Å². The van der Waals surface area contributed by atoms with Crippen molar-refractivity contribution in [3.05, 3.63) is 0 Å². The maximum absolute atomic E-state index is 11.1. The van der Waals surface area contributed by atoms with E-state index < -0.39 is 17.5 Å². The molecule has 0 bridgehead atoms. The number of rotatable bonds is 4. The Labute approximate surface area is 82.7 Å². The lowest BCUT2D eigenvalue weighted by atomic mass is 9.76. The summed E-state index contributed by atoms with van der Waals surface area (Å²) in [6, 6.07) is 0. The second kappa shape index (κ2) is 4.72. The lowest BCUT2D eigenvalue weighted by Crippen LogP contribution is -2.47. The van der Waals surface area contributed by atoms with Crippen LogP contribution in [-0.4, -0.2) is 47.1 Å². The number of nitrogens with one attached hydrogen (secondary N) is 1. The summed E-state index contributed by atoms with van der Waals surface area (Å²) in [6.07, 6.45) is 0.536. The molecule has 0 aliphatic carbocycles. The largest absolute Gasteiger partial charge is 0.481 e. The van der Waals surface area contributed by atoms with Gasteiger partial charge in [0.2, 0.25) is 0 Å². The molecule has 0 aromatic rings. The van der Waals surface area contributed by atoms with Crippen molar-refractivity contribution in [2.24, 2.45) is 5.41 Å². The molecule has 0 aromatic heterocycles. The minimum Gasteiger partial charge on any atom is -0.481 e. The van der Waals surface area contributed by atoms with Gasteiger partial charge in [0.05, 0.1) is 18.1 Å². The molecule has 1 heterocycles. The van der Waals surface area contributed by atoms with Crippen LogP contribution < -0.4 is 5.32 Å². The Kier molecular flexibility index (Phi) is 3.86. The number of carbonyl (C=O) groups is 1. The summed E-state index contributed by atoms with van der Waals surface area (Å²) in [5.74, 6) is -0.891. The van der Waals surface area contributed by atoms with Gasteiger partial charge in [0.15, 0.2) is 0 Å². The van der Waals surface area contributed by atoms with E-state index in [1.165, 1.54) is 0 Å². The Morgan fingerprint density at radius 2 is 2.29 bits per heavy atom. The standard InChI is InChI=1S/C9H17NO4/c11-5-7(12)4-9(8(13)14)2-1-3-10-6-9/h7,10-12H,1-6H2,(H,13,14). The number of aliphatic hydroxyl groups excluding tert-OH is 2. The van der Waals surface area contributed by atoms with Crippen molar-refractivity contribution in [2.45, 2.75) is 25.4 Å². The quantitative estimate of drug-likeness (QED) is 0.479. The van der Waals surface area contributed by atoms with Crippen LogP contribution in [0.5, 0.6) is 0 Å². The van der Waals surface area contributed by atoms with Gasteiger partial charge < -0.3 is 20.6 Å². The third-order valence-electron chi connectivity index (χ3n) is 2.76. The van der Waals surface area contributed by atoms with Crippen LogP contribution in [0.25, 0.3) is 0 Å². The minimum atomic E-state index is -0.939. The van der Waals surface area contributed by atoms with Crippen molar-refractivity contribution >= 4 is 5.97 Å². The molecule has 0 aromatic carbocycles. The zero-order chi connectivity index (χ0) is 10.6. The van der Waals surface area contributed by atoms with Crippen molar-refractivity contribution in [3.8, 4) is 0 Å². The summed E-state index contributed by atoms with van der Waals surface area (Å²) in [4.78, 5) is 11.1. The van der Waals surface area contributed by atoms with Crippen LogP contribution in [0.2, 0.25) is 0 Å². The molecule has 0 amide bonds. The van der Waals surface area contributed by atoms with Gasteiger partial charge in [0.1, 0.15) is 0 Å². The van der Waals surface area contributed by atoms with E-state index in [0.29, 0.717) is 13.0 Å². The van der Waals surface area contributed by atoms with Crippen molar-refractivity contribution in [1.29, 1.82) is 0 Å². The SMILES string of the molecule is O=C(O)C1(CC(O)CO)CCCNC1. The average Bonchev–Trinajstić information content (AvgIpc) is 2.19. The van der Waals surface area contributed by atoms with Crippen molar-refractivity contribution in [2.75, 3.05) is 19.7 Å². The maximum atomic E-state index is 11.1. The van der Waals surface area contributed by atoms with E-state index >= 15 is 0 Å². The molecule has 2 unspecified atom stereocenters. The van der Waals surface area contributed by atoms with Crippen LogP contribution in [-0.2, 0) is 4.79 Å². The van der Waals surface area contributed by atoms with Crippen LogP contribution in [0.3, 0.4) is 0 Å². The van der Waals surface area contributed by atoms with Crippen LogP contribution in [0.1, 0.15) is 19.3 Å². The van der Waals surface area contributed by atoms with Gasteiger partial charge in [-0.25, -0.2) is 0 Å². The van der Waals surface area contributed by atoms with Gasteiger partial charge in [0, 0.05) is 6.54 Å². The maximum Gasteiger partial charge on any atom is 0.311 e. The molecule has 1 aliphatic rings. The van der Waals surface area contributed by atoms with Crippen LogP contribution in [0, 0.1) is 5.41 Å².